The van der Waals surface area contributed by atoms with E-state index >= 15 is 0 Å². The highest BCUT2D eigenvalue weighted by atomic mass is 127. The van der Waals surface area contributed by atoms with Crippen molar-refractivity contribution >= 4 is 40.2 Å². The molecule has 2 aromatic rings. The van der Waals surface area contributed by atoms with E-state index in [1.54, 1.807) is 6.07 Å². The number of nitrogens with one attached hydrogen (secondary N) is 1. The Balaban J connectivity index is 2.37. The van der Waals surface area contributed by atoms with Crippen LogP contribution in [-0.4, -0.2) is 5.11 Å². The summed E-state index contributed by atoms with van der Waals surface area (Å²) in [6.45, 7) is 0. The summed E-state index contributed by atoms with van der Waals surface area (Å²) in [5.41, 5.74) is 2.49. The fraction of sp³-hybridized carbons (Fsp3) is 0.0769. The number of anilines is 1. The van der Waals surface area contributed by atoms with E-state index < -0.39 is 6.10 Å². The van der Waals surface area contributed by atoms with Gasteiger partial charge in [-0.05, 0) is 23.8 Å². The first kappa shape index (κ1) is 12.7. The Hall–Kier alpha value is -0.780. The third-order valence-electron chi connectivity index (χ3n) is 2.51. The predicted molar refractivity (Wildman–Crippen MR) is 79.6 cm³/mol. The van der Waals surface area contributed by atoms with E-state index in [1.807, 2.05) is 42.5 Å². The lowest BCUT2D eigenvalue weighted by atomic mass is 10.0. The van der Waals surface area contributed by atoms with Crippen molar-refractivity contribution in [3.8, 4) is 0 Å². The molecule has 1 unspecified atom stereocenters. The van der Waals surface area contributed by atoms with Gasteiger partial charge in [0.05, 0.1) is 22.9 Å². The fourth-order valence-corrected chi connectivity index (χ4v) is 2.22. The van der Waals surface area contributed by atoms with Crippen molar-refractivity contribution in [2.75, 3.05) is 3.53 Å². The van der Waals surface area contributed by atoms with Crippen LogP contribution in [0, 0.1) is 0 Å². The molecule has 2 nitrogen and oxygen atoms in total. The quantitative estimate of drug-likeness (QED) is 0.636. The van der Waals surface area contributed by atoms with Crippen LogP contribution in [0.4, 0.5) is 5.69 Å². The number of rotatable bonds is 3. The van der Waals surface area contributed by atoms with E-state index in [9.17, 15) is 5.11 Å². The molecule has 0 aliphatic heterocycles. The number of aliphatic hydroxyl groups excluding tert-OH is 1. The molecule has 0 radical (unpaired) electrons. The summed E-state index contributed by atoms with van der Waals surface area (Å²) in [6, 6.07) is 14.9. The Bertz CT molecular complexity index is 518. The summed E-state index contributed by atoms with van der Waals surface area (Å²) >= 11 is 8.12. The minimum atomic E-state index is -0.701. The van der Waals surface area contributed by atoms with Crippen molar-refractivity contribution in [2.45, 2.75) is 6.10 Å². The molecule has 2 rings (SSSR count). The van der Waals surface area contributed by atoms with Crippen LogP contribution in [0.1, 0.15) is 17.2 Å². The van der Waals surface area contributed by atoms with Gasteiger partial charge in [0.25, 0.3) is 0 Å². The lowest BCUT2D eigenvalue weighted by Gasteiger charge is -2.13. The van der Waals surface area contributed by atoms with Gasteiger partial charge in [-0.25, -0.2) is 0 Å². The van der Waals surface area contributed by atoms with Crippen LogP contribution in [-0.2, 0) is 0 Å². The summed E-state index contributed by atoms with van der Waals surface area (Å²) in [4.78, 5) is 0. The van der Waals surface area contributed by atoms with Crippen LogP contribution in [0.25, 0.3) is 0 Å². The molecule has 2 aromatic carbocycles. The number of aliphatic hydroxyl groups is 1. The van der Waals surface area contributed by atoms with E-state index in [2.05, 4.69) is 26.4 Å². The summed E-state index contributed by atoms with van der Waals surface area (Å²) in [5.74, 6) is 0. The molecule has 0 spiro atoms. The second kappa shape index (κ2) is 5.71. The summed E-state index contributed by atoms with van der Waals surface area (Å²) < 4.78 is 3.01. The van der Waals surface area contributed by atoms with Crippen LogP contribution in [0.15, 0.2) is 48.5 Å². The lowest BCUT2D eigenvalue weighted by molar-refractivity contribution is 0.220. The van der Waals surface area contributed by atoms with Gasteiger partial charge < -0.3 is 8.64 Å². The molecule has 1 atom stereocenters. The Kier molecular flexibility index (Phi) is 4.25. The van der Waals surface area contributed by atoms with Gasteiger partial charge in [0, 0.05) is 16.3 Å². The monoisotopic (exact) mass is 359 g/mol. The highest BCUT2D eigenvalue weighted by Gasteiger charge is 2.13. The zero-order valence-electron chi connectivity index (χ0n) is 8.90. The zero-order valence-corrected chi connectivity index (χ0v) is 11.8. The molecule has 0 aliphatic rings. The van der Waals surface area contributed by atoms with Gasteiger partial charge in [-0.2, -0.15) is 0 Å². The van der Waals surface area contributed by atoms with Gasteiger partial charge in [0.15, 0.2) is 0 Å². The van der Waals surface area contributed by atoms with Gasteiger partial charge in [-0.15, -0.1) is 0 Å². The molecule has 2 N–H and O–H groups in total. The second-order valence-corrected chi connectivity index (χ2v) is 4.59. The first-order valence-electron chi connectivity index (χ1n) is 5.11. The van der Waals surface area contributed by atoms with Gasteiger partial charge in [-0.1, -0.05) is 41.9 Å². The van der Waals surface area contributed by atoms with Crippen LogP contribution in [0.5, 0.6) is 0 Å². The molecule has 0 aromatic heterocycles. The third kappa shape index (κ3) is 2.91. The van der Waals surface area contributed by atoms with Crippen molar-refractivity contribution in [1.29, 1.82) is 0 Å². The summed E-state index contributed by atoms with van der Waals surface area (Å²) in [6.07, 6.45) is -0.701. The zero-order chi connectivity index (χ0) is 12.3. The topological polar surface area (TPSA) is 32.3 Å². The van der Waals surface area contributed by atoms with Crippen LogP contribution < -0.4 is 3.53 Å². The van der Waals surface area contributed by atoms with E-state index in [1.165, 1.54) is 0 Å². The van der Waals surface area contributed by atoms with E-state index in [-0.39, 0.29) is 0 Å². The lowest BCUT2D eigenvalue weighted by Crippen LogP contribution is -2.00. The van der Waals surface area contributed by atoms with Crippen molar-refractivity contribution in [1.82, 2.24) is 0 Å². The molecule has 0 saturated heterocycles. The smallest absolute Gasteiger partial charge is 0.106 e. The number of hydrogen-bond acceptors (Lipinski definition) is 2. The normalized spacial score (nSPS) is 12.2. The average molecular weight is 360 g/mol. The fourth-order valence-electron chi connectivity index (χ4n) is 1.64. The molecule has 88 valence electrons. The van der Waals surface area contributed by atoms with Gasteiger partial charge >= 0.3 is 0 Å². The number of halogens is 2. The SMILES string of the molecule is OC(c1cccc(NI)c1)c1ccccc1Cl. The Labute approximate surface area is 119 Å². The second-order valence-electron chi connectivity index (χ2n) is 3.64. The van der Waals surface area contributed by atoms with E-state index in [4.69, 9.17) is 11.6 Å². The Morgan fingerprint density at radius 3 is 2.59 bits per heavy atom. The molecule has 17 heavy (non-hydrogen) atoms. The molecule has 0 saturated carbocycles. The van der Waals surface area contributed by atoms with Crippen molar-refractivity contribution in [2.24, 2.45) is 0 Å². The largest absolute Gasteiger partial charge is 0.384 e. The first-order chi connectivity index (χ1) is 8.22. The number of benzene rings is 2. The third-order valence-corrected chi connectivity index (χ3v) is 3.48. The molecular formula is C13H11ClINO. The summed E-state index contributed by atoms with van der Waals surface area (Å²) in [5, 5.41) is 10.9. The van der Waals surface area contributed by atoms with Crippen molar-refractivity contribution in [3.05, 3.63) is 64.7 Å². The first-order valence-corrected chi connectivity index (χ1v) is 6.57. The Morgan fingerprint density at radius 1 is 1.12 bits per heavy atom. The maximum Gasteiger partial charge on any atom is 0.106 e. The minimum absolute atomic E-state index is 0.577. The molecule has 0 heterocycles. The van der Waals surface area contributed by atoms with Crippen LogP contribution in [0.3, 0.4) is 0 Å². The van der Waals surface area contributed by atoms with Crippen LogP contribution in [0.2, 0.25) is 5.02 Å². The minimum Gasteiger partial charge on any atom is -0.384 e. The van der Waals surface area contributed by atoms with Crippen molar-refractivity contribution in [3.63, 3.8) is 0 Å². The number of hydrogen-bond donors (Lipinski definition) is 2. The van der Waals surface area contributed by atoms with Crippen LogP contribution >= 0.6 is 34.5 Å². The Morgan fingerprint density at radius 2 is 1.88 bits per heavy atom. The molecule has 0 fully saturated rings. The molecule has 0 bridgehead atoms. The predicted octanol–water partition coefficient (Wildman–Crippen LogP) is 4.18. The summed E-state index contributed by atoms with van der Waals surface area (Å²) in [7, 11) is 0. The molecule has 0 aliphatic carbocycles. The van der Waals surface area contributed by atoms with E-state index in [0.717, 1.165) is 16.8 Å². The maximum absolute atomic E-state index is 10.3. The van der Waals surface area contributed by atoms with Gasteiger partial charge in [-0.3, -0.25) is 0 Å². The maximum atomic E-state index is 10.3. The highest BCUT2D eigenvalue weighted by Crippen LogP contribution is 2.29. The molecule has 4 heteroatoms. The van der Waals surface area contributed by atoms with Crippen molar-refractivity contribution < 1.29 is 5.11 Å². The van der Waals surface area contributed by atoms with Gasteiger partial charge in [0.2, 0.25) is 0 Å². The standard InChI is InChI=1S/C13H11ClINO/c14-12-7-2-1-6-11(12)13(17)9-4-3-5-10(8-9)16-15/h1-8,13,16-17H. The average Bonchev–Trinajstić information content (AvgIpc) is 2.38. The van der Waals surface area contributed by atoms with E-state index in [0.29, 0.717) is 5.02 Å². The molecular weight excluding hydrogens is 349 g/mol. The molecule has 0 amide bonds. The highest BCUT2D eigenvalue weighted by molar-refractivity contribution is 14.1. The van der Waals surface area contributed by atoms with Gasteiger partial charge in [0.1, 0.15) is 6.10 Å².